The Bertz CT molecular complexity index is 390. The zero-order valence-electron chi connectivity index (χ0n) is 10.8. The average Bonchev–Trinajstić information content (AvgIpc) is 2.27. The fourth-order valence-electron chi connectivity index (χ4n) is 1.71. The number of hydrogen-bond acceptors (Lipinski definition) is 3. The van der Waals surface area contributed by atoms with Gasteiger partial charge in [-0.15, -0.1) is 0 Å². The van der Waals surface area contributed by atoms with E-state index < -0.39 is 0 Å². The van der Waals surface area contributed by atoms with Crippen LogP contribution in [0.5, 0.6) is 5.75 Å². The number of amidine groups is 1. The molecular formula is C13H21N3O. The molecule has 0 aliphatic heterocycles. The summed E-state index contributed by atoms with van der Waals surface area (Å²) in [6, 6.07) is 6.16. The molecule has 1 rings (SSSR count). The van der Waals surface area contributed by atoms with Crippen LogP contribution in [0.25, 0.3) is 0 Å². The minimum Gasteiger partial charge on any atom is -0.496 e. The lowest BCUT2D eigenvalue weighted by molar-refractivity contribution is 0.325. The Morgan fingerprint density at radius 1 is 1.47 bits per heavy atom. The fourth-order valence-corrected chi connectivity index (χ4v) is 1.71. The smallest absolute Gasteiger partial charge is 0.123 e. The van der Waals surface area contributed by atoms with Crippen molar-refractivity contribution in [3.63, 3.8) is 0 Å². The predicted molar refractivity (Wildman–Crippen MR) is 70.6 cm³/mol. The van der Waals surface area contributed by atoms with E-state index in [-0.39, 0.29) is 5.84 Å². The molecule has 4 nitrogen and oxygen atoms in total. The third-order valence-corrected chi connectivity index (χ3v) is 2.64. The maximum atomic E-state index is 7.21. The minimum atomic E-state index is 0.230. The van der Waals surface area contributed by atoms with Crippen molar-refractivity contribution in [1.82, 2.24) is 4.90 Å². The van der Waals surface area contributed by atoms with Crippen molar-refractivity contribution in [3.05, 3.63) is 29.3 Å². The van der Waals surface area contributed by atoms with E-state index in [1.54, 1.807) is 7.11 Å². The van der Waals surface area contributed by atoms with E-state index >= 15 is 0 Å². The molecule has 1 aromatic rings. The number of nitrogens with one attached hydrogen (secondary N) is 1. The number of rotatable bonds is 6. The number of nitrogens with two attached hydrogens (primary N) is 1. The standard InChI is InChI=1S/C13H21N3O/c1-10-4-5-12(17-3)11(8-10)9-16(2)7-6-13(14)15/h4-5,8H,6-7,9H2,1-3H3,(H3,14,15). The molecule has 0 unspecified atom stereocenters. The van der Waals surface area contributed by atoms with Crippen LogP contribution in [0.15, 0.2) is 18.2 Å². The highest BCUT2D eigenvalue weighted by atomic mass is 16.5. The molecule has 0 bridgehead atoms. The summed E-state index contributed by atoms with van der Waals surface area (Å²) in [5.74, 6) is 1.14. The van der Waals surface area contributed by atoms with Gasteiger partial charge in [0, 0.05) is 25.1 Å². The van der Waals surface area contributed by atoms with Gasteiger partial charge in [-0.1, -0.05) is 17.7 Å². The number of hydrogen-bond donors (Lipinski definition) is 2. The van der Waals surface area contributed by atoms with Crippen molar-refractivity contribution >= 4 is 5.84 Å². The van der Waals surface area contributed by atoms with Gasteiger partial charge in [-0.2, -0.15) is 0 Å². The molecule has 0 fully saturated rings. The van der Waals surface area contributed by atoms with Gasteiger partial charge < -0.3 is 15.4 Å². The van der Waals surface area contributed by atoms with Crippen molar-refractivity contribution in [2.45, 2.75) is 19.9 Å². The Labute approximate surface area is 103 Å². The van der Waals surface area contributed by atoms with Crippen LogP contribution in [-0.4, -0.2) is 31.4 Å². The number of nitrogens with zero attached hydrogens (tertiary/aromatic N) is 1. The third kappa shape index (κ3) is 4.44. The van der Waals surface area contributed by atoms with E-state index in [9.17, 15) is 0 Å². The number of benzene rings is 1. The number of ether oxygens (including phenoxy) is 1. The molecule has 0 saturated heterocycles. The van der Waals surface area contributed by atoms with Gasteiger partial charge >= 0.3 is 0 Å². The van der Waals surface area contributed by atoms with Crippen LogP contribution in [0.4, 0.5) is 0 Å². The van der Waals surface area contributed by atoms with Crippen molar-refractivity contribution < 1.29 is 4.74 Å². The van der Waals surface area contributed by atoms with E-state index in [1.807, 2.05) is 19.2 Å². The largest absolute Gasteiger partial charge is 0.496 e. The Morgan fingerprint density at radius 2 is 2.18 bits per heavy atom. The normalized spacial score (nSPS) is 10.6. The Morgan fingerprint density at radius 3 is 2.76 bits per heavy atom. The molecule has 4 heteroatoms. The molecule has 0 heterocycles. The van der Waals surface area contributed by atoms with Crippen LogP contribution < -0.4 is 10.5 Å². The predicted octanol–water partition coefficient (Wildman–Crippen LogP) is 1.76. The first-order valence-corrected chi connectivity index (χ1v) is 5.68. The Hall–Kier alpha value is -1.55. The van der Waals surface area contributed by atoms with Gasteiger partial charge in [0.05, 0.1) is 12.9 Å². The van der Waals surface area contributed by atoms with Crippen LogP contribution in [-0.2, 0) is 6.54 Å². The lowest BCUT2D eigenvalue weighted by atomic mass is 10.1. The molecule has 0 aromatic heterocycles. The summed E-state index contributed by atoms with van der Waals surface area (Å²) in [6.07, 6.45) is 0.602. The van der Waals surface area contributed by atoms with E-state index in [0.29, 0.717) is 6.42 Å². The third-order valence-electron chi connectivity index (χ3n) is 2.64. The van der Waals surface area contributed by atoms with Crippen molar-refractivity contribution in [1.29, 1.82) is 5.41 Å². The van der Waals surface area contributed by atoms with Gasteiger partial charge in [0.2, 0.25) is 0 Å². The van der Waals surface area contributed by atoms with Gasteiger partial charge in [-0.3, -0.25) is 5.41 Å². The monoisotopic (exact) mass is 235 g/mol. The maximum Gasteiger partial charge on any atom is 0.123 e. The summed E-state index contributed by atoms with van der Waals surface area (Å²) in [5, 5.41) is 7.21. The molecular weight excluding hydrogens is 214 g/mol. The first kappa shape index (κ1) is 13.5. The molecule has 0 aliphatic rings. The first-order valence-electron chi connectivity index (χ1n) is 5.68. The second-order valence-electron chi connectivity index (χ2n) is 4.33. The van der Waals surface area contributed by atoms with Crippen molar-refractivity contribution in [2.24, 2.45) is 5.73 Å². The molecule has 0 aliphatic carbocycles. The zero-order chi connectivity index (χ0) is 12.8. The van der Waals surface area contributed by atoms with Crippen LogP contribution in [0.2, 0.25) is 0 Å². The van der Waals surface area contributed by atoms with E-state index in [2.05, 4.69) is 17.9 Å². The quantitative estimate of drug-likeness (QED) is 0.583. The second kappa shape index (κ2) is 6.25. The van der Waals surface area contributed by atoms with E-state index in [1.165, 1.54) is 11.1 Å². The van der Waals surface area contributed by atoms with Gasteiger partial charge in [-0.05, 0) is 20.0 Å². The van der Waals surface area contributed by atoms with Crippen LogP contribution in [0.1, 0.15) is 17.5 Å². The molecule has 17 heavy (non-hydrogen) atoms. The molecule has 0 spiro atoms. The molecule has 1 aromatic carbocycles. The Balaban J connectivity index is 2.66. The van der Waals surface area contributed by atoms with Crippen LogP contribution in [0.3, 0.4) is 0 Å². The highest BCUT2D eigenvalue weighted by molar-refractivity contribution is 5.76. The SMILES string of the molecule is COc1ccc(C)cc1CN(C)CCC(=N)N. The fraction of sp³-hybridized carbons (Fsp3) is 0.462. The topological polar surface area (TPSA) is 62.3 Å². The number of methoxy groups -OCH3 is 1. The molecule has 0 saturated carbocycles. The Kier molecular flexibility index (Phi) is 4.97. The summed E-state index contributed by atoms with van der Waals surface area (Å²) in [5.41, 5.74) is 7.73. The van der Waals surface area contributed by atoms with E-state index in [0.717, 1.165) is 18.8 Å². The van der Waals surface area contributed by atoms with Gasteiger partial charge in [0.1, 0.15) is 5.75 Å². The van der Waals surface area contributed by atoms with Crippen LogP contribution in [0, 0.1) is 12.3 Å². The second-order valence-corrected chi connectivity index (χ2v) is 4.33. The summed E-state index contributed by atoms with van der Waals surface area (Å²) in [4.78, 5) is 2.14. The summed E-state index contributed by atoms with van der Waals surface area (Å²) >= 11 is 0. The van der Waals surface area contributed by atoms with Gasteiger partial charge in [0.25, 0.3) is 0 Å². The summed E-state index contributed by atoms with van der Waals surface area (Å²) in [6.45, 7) is 3.66. The lowest BCUT2D eigenvalue weighted by Crippen LogP contribution is -2.24. The molecule has 0 atom stereocenters. The summed E-state index contributed by atoms with van der Waals surface area (Å²) < 4.78 is 5.33. The highest BCUT2D eigenvalue weighted by Crippen LogP contribution is 2.20. The maximum absolute atomic E-state index is 7.21. The number of aryl methyl sites for hydroxylation is 1. The lowest BCUT2D eigenvalue weighted by Gasteiger charge is -2.18. The first-order chi connectivity index (χ1) is 8.02. The molecule has 0 radical (unpaired) electrons. The van der Waals surface area contributed by atoms with Crippen LogP contribution >= 0.6 is 0 Å². The molecule has 3 N–H and O–H groups in total. The highest BCUT2D eigenvalue weighted by Gasteiger charge is 2.06. The molecule has 0 amide bonds. The average molecular weight is 235 g/mol. The van der Waals surface area contributed by atoms with Crippen molar-refractivity contribution in [3.8, 4) is 5.75 Å². The zero-order valence-corrected chi connectivity index (χ0v) is 10.8. The van der Waals surface area contributed by atoms with Gasteiger partial charge in [0.15, 0.2) is 0 Å². The van der Waals surface area contributed by atoms with Crippen molar-refractivity contribution in [2.75, 3.05) is 20.7 Å². The summed E-state index contributed by atoms with van der Waals surface area (Å²) in [7, 11) is 3.70. The van der Waals surface area contributed by atoms with Gasteiger partial charge in [-0.25, -0.2) is 0 Å². The minimum absolute atomic E-state index is 0.230. The van der Waals surface area contributed by atoms with E-state index in [4.69, 9.17) is 15.9 Å². The molecule has 94 valence electrons.